The number of aromatic nitrogens is 1. The molecule has 0 bridgehead atoms. The SMILES string of the molecule is CCCc1ccc(C(=O)/C(C#N)=C/c2csc(-c3ccc(Cl)cc3)n2)cc1. The Labute approximate surface area is 167 Å². The molecule has 0 amide bonds. The molecular weight excluding hydrogens is 376 g/mol. The first kappa shape index (κ1) is 19.0. The van der Waals surface area contributed by atoms with Crippen molar-refractivity contribution in [3.05, 3.63) is 81.3 Å². The van der Waals surface area contributed by atoms with Gasteiger partial charge in [-0.05, 0) is 30.2 Å². The van der Waals surface area contributed by atoms with Crippen LogP contribution < -0.4 is 0 Å². The highest BCUT2D eigenvalue weighted by molar-refractivity contribution is 7.13. The van der Waals surface area contributed by atoms with Gasteiger partial charge in [0.05, 0.1) is 5.69 Å². The van der Waals surface area contributed by atoms with E-state index >= 15 is 0 Å². The molecule has 2 aromatic carbocycles. The molecule has 0 saturated carbocycles. The van der Waals surface area contributed by atoms with Gasteiger partial charge in [-0.1, -0.05) is 61.3 Å². The zero-order valence-corrected chi connectivity index (χ0v) is 16.3. The van der Waals surface area contributed by atoms with Gasteiger partial charge < -0.3 is 0 Å². The van der Waals surface area contributed by atoms with E-state index in [1.165, 1.54) is 23.0 Å². The average molecular weight is 393 g/mol. The second-order valence-corrected chi connectivity index (χ2v) is 7.32. The molecule has 3 rings (SSSR count). The Morgan fingerprint density at radius 3 is 2.52 bits per heavy atom. The lowest BCUT2D eigenvalue weighted by molar-refractivity contribution is 0.104. The maximum Gasteiger partial charge on any atom is 0.203 e. The van der Waals surface area contributed by atoms with Crippen molar-refractivity contribution in [3.8, 4) is 16.6 Å². The van der Waals surface area contributed by atoms with E-state index in [-0.39, 0.29) is 11.4 Å². The summed E-state index contributed by atoms with van der Waals surface area (Å²) >= 11 is 7.37. The number of carbonyl (C=O) groups is 1. The molecule has 0 N–H and O–H groups in total. The lowest BCUT2D eigenvalue weighted by Gasteiger charge is -2.02. The molecule has 0 fully saturated rings. The van der Waals surface area contributed by atoms with Gasteiger partial charge in [-0.2, -0.15) is 5.26 Å². The van der Waals surface area contributed by atoms with Crippen LogP contribution in [0.25, 0.3) is 16.6 Å². The number of benzene rings is 2. The van der Waals surface area contributed by atoms with Gasteiger partial charge in [-0.3, -0.25) is 4.79 Å². The lowest BCUT2D eigenvalue weighted by Crippen LogP contribution is -2.02. The quantitative estimate of drug-likeness (QED) is 0.285. The van der Waals surface area contributed by atoms with Gasteiger partial charge in [0, 0.05) is 21.5 Å². The topological polar surface area (TPSA) is 53.8 Å². The Morgan fingerprint density at radius 2 is 1.89 bits per heavy atom. The van der Waals surface area contributed by atoms with E-state index in [0.29, 0.717) is 16.3 Å². The van der Waals surface area contributed by atoms with Crippen LogP contribution in [0.5, 0.6) is 0 Å². The number of carbonyl (C=O) groups excluding carboxylic acids is 1. The molecule has 134 valence electrons. The smallest absolute Gasteiger partial charge is 0.203 e. The highest BCUT2D eigenvalue weighted by Crippen LogP contribution is 2.26. The lowest BCUT2D eigenvalue weighted by atomic mass is 10.0. The minimum Gasteiger partial charge on any atom is -0.288 e. The average Bonchev–Trinajstić information content (AvgIpc) is 3.15. The molecule has 0 saturated heterocycles. The number of allylic oxidation sites excluding steroid dienone is 1. The van der Waals surface area contributed by atoms with Gasteiger partial charge in [0.15, 0.2) is 0 Å². The van der Waals surface area contributed by atoms with Crippen LogP contribution in [0.4, 0.5) is 0 Å². The summed E-state index contributed by atoms with van der Waals surface area (Å²) < 4.78 is 0. The van der Waals surface area contributed by atoms with Crippen molar-refractivity contribution in [2.75, 3.05) is 0 Å². The number of thiazole rings is 1. The largest absolute Gasteiger partial charge is 0.288 e. The van der Waals surface area contributed by atoms with Gasteiger partial charge in [0.25, 0.3) is 0 Å². The fourth-order valence-electron chi connectivity index (χ4n) is 2.64. The van der Waals surface area contributed by atoms with Crippen LogP contribution in [0.2, 0.25) is 5.02 Å². The molecule has 5 heteroatoms. The van der Waals surface area contributed by atoms with Crippen LogP contribution in [-0.2, 0) is 6.42 Å². The molecule has 0 spiro atoms. The van der Waals surface area contributed by atoms with Crippen LogP contribution in [0.15, 0.2) is 59.5 Å². The number of nitrogens with zero attached hydrogens (tertiary/aromatic N) is 2. The fourth-order valence-corrected chi connectivity index (χ4v) is 3.55. The number of aryl methyl sites for hydroxylation is 1. The standard InChI is InChI=1S/C22H17ClN2OS/c1-2-3-15-4-6-16(7-5-15)21(26)18(13-24)12-20-14-27-22(25-20)17-8-10-19(23)11-9-17/h4-12,14H,2-3H2,1H3/b18-12+. The normalized spacial score (nSPS) is 11.2. The third-order valence-corrected chi connectivity index (χ3v) is 5.19. The van der Waals surface area contributed by atoms with E-state index in [0.717, 1.165) is 23.4 Å². The number of hydrogen-bond donors (Lipinski definition) is 0. The second-order valence-electron chi connectivity index (χ2n) is 6.03. The monoisotopic (exact) mass is 392 g/mol. The molecule has 0 radical (unpaired) electrons. The number of Topliss-reactive ketones (excluding diaryl/α,β-unsaturated/α-hetero) is 1. The van der Waals surface area contributed by atoms with Crippen LogP contribution in [0.1, 0.15) is 35.0 Å². The molecule has 0 atom stereocenters. The molecule has 0 aliphatic rings. The number of hydrogen-bond acceptors (Lipinski definition) is 4. The molecule has 1 heterocycles. The molecular formula is C22H17ClN2OS. The number of ketones is 1. The maximum absolute atomic E-state index is 12.6. The first-order valence-corrected chi connectivity index (χ1v) is 9.83. The molecule has 3 nitrogen and oxygen atoms in total. The number of halogens is 1. The highest BCUT2D eigenvalue weighted by atomic mass is 35.5. The molecule has 27 heavy (non-hydrogen) atoms. The van der Waals surface area contributed by atoms with Crippen LogP contribution >= 0.6 is 22.9 Å². The number of rotatable bonds is 6. The summed E-state index contributed by atoms with van der Waals surface area (Å²) in [5.74, 6) is -0.290. The Balaban J connectivity index is 1.82. The third kappa shape index (κ3) is 4.71. The Morgan fingerprint density at radius 1 is 1.19 bits per heavy atom. The van der Waals surface area contributed by atoms with Gasteiger partial charge in [0.1, 0.15) is 16.6 Å². The third-order valence-electron chi connectivity index (χ3n) is 4.03. The Bertz CT molecular complexity index is 1010. The van der Waals surface area contributed by atoms with Gasteiger partial charge in [-0.25, -0.2) is 4.98 Å². The van der Waals surface area contributed by atoms with Gasteiger partial charge >= 0.3 is 0 Å². The van der Waals surface area contributed by atoms with E-state index in [1.807, 2.05) is 35.7 Å². The van der Waals surface area contributed by atoms with Crippen molar-refractivity contribution in [3.63, 3.8) is 0 Å². The van der Waals surface area contributed by atoms with Crippen molar-refractivity contribution in [2.24, 2.45) is 0 Å². The highest BCUT2D eigenvalue weighted by Gasteiger charge is 2.13. The van der Waals surface area contributed by atoms with E-state index in [4.69, 9.17) is 11.6 Å². The van der Waals surface area contributed by atoms with Crippen molar-refractivity contribution >= 4 is 34.8 Å². The van der Waals surface area contributed by atoms with E-state index in [1.54, 1.807) is 24.3 Å². The van der Waals surface area contributed by atoms with Crippen LogP contribution in [0.3, 0.4) is 0 Å². The van der Waals surface area contributed by atoms with Crippen molar-refractivity contribution in [1.29, 1.82) is 5.26 Å². The van der Waals surface area contributed by atoms with Gasteiger partial charge in [-0.15, -0.1) is 11.3 Å². The zero-order valence-electron chi connectivity index (χ0n) is 14.8. The molecule has 3 aromatic rings. The molecule has 0 aliphatic carbocycles. The molecule has 1 aromatic heterocycles. The predicted molar refractivity (Wildman–Crippen MR) is 111 cm³/mol. The summed E-state index contributed by atoms with van der Waals surface area (Å²) in [7, 11) is 0. The summed E-state index contributed by atoms with van der Waals surface area (Å²) in [6, 6.07) is 16.8. The fraction of sp³-hybridized carbons (Fsp3) is 0.136. The van der Waals surface area contributed by atoms with Crippen molar-refractivity contribution < 1.29 is 4.79 Å². The zero-order chi connectivity index (χ0) is 19.2. The van der Waals surface area contributed by atoms with Crippen LogP contribution in [-0.4, -0.2) is 10.8 Å². The first-order valence-electron chi connectivity index (χ1n) is 8.57. The first-order chi connectivity index (χ1) is 13.1. The summed E-state index contributed by atoms with van der Waals surface area (Å²) in [4.78, 5) is 17.1. The summed E-state index contributed by atoms with van der Waals surface area (Å²) in [6.45, 7) is 2.11. The second kappa shape index (κ2) is 8.77. The maximum atomic E-state index is 12.6. The van der Waals surface area contributed by atoms with Crippen LogP contribution in [0, 0.1) is 11.3 Å². The number of nitriles is 1. The predicted octanol–water partition coefficient (Wildman–Crippen LogP) is 6.21. The van der Waals surface area contributed by atoms with E-state index < -0.39 is 0 Å². The van der Waals surface area contributed by atoms with Crippen molar-refractivity contribution in [1.82, 2.24) is 4.98 Å². The molecule has 0 unspecified atom stereocenters. The summed E-state index contributed by atoms with van der Waals surface area (Å²) in [6.07, 6.45) is 3.57. The van der Waals surface area contributed by atoms with E-state index in [2.05, 4.69) is 11.9 Å². The Kier molecular flexibility index (Phi) is 6.18. The summed E-state index contributed by atoms with van der Waals surface area (Å²) in [5, 5.41) is 12.7. The minimum atomic E-state index is -0.290. The Hall–Kier alpha value is -2.74. The van der Waals surface area contributed by atoms with Crippen molar-refractivity contribution in [2.45, 2.75) is 19.8 Å². The molecule has 0 aliphatic heterocycles. The summed E-state index contributed by atoms with van der Waals surface area (Å²) in [5.41, 5.74) is 3.31. The van der Waals surface area contributed by atoms with E-state index in [9.17, 15) is 10.1 Å². The van der Waals surface area contributed by atoms with Gasteiger partial charge in [0.2, 0.25) is 5.78 Å². The minimum absolute atomic E-state index is 0.0752.